The standard InChI is InChI=1S/C18H27BrF2N8O3S/c1-5-29(32-33-28(4)24-11(2)3)10-12(20)9-22-17-16(26-31-27-17)18(25-30)23-13-6-7-15(21)14(19)8-13/h6-8,11-12,24,30H,5,9-10H2,1-4H3,(H,22,27)(H,23,25)/t12-/m0/s1. The van der Waals surface area contributed by atoms with Crippen LogP contribution in [0.3, 0.4) is 0 Å². The van der Waals surface area contributed by atoms with E-state index in [1.165, 1.54) is 23.3 Å². The van der Waals surface area contributed by atoms with Gasteiger partial charge in [0.25, 0.3) is 0 Å². The van der Waals surface area contributed by atoms with Gasteiger partial charge in [0.2, 0.25) is 5.82 Å². The first-order valence-corrected chi connectivity index (χ1v) is 11.5. The normalized spacial score (nSPS) is 13.2. The molecule has 0 aliphatic heterocycles. The molecule has 0 saturated carbocycles. The lowest BCUT2D eigenvalue weighted by molar-refractivity contribution is -0.0528. The number of alkyl halides is 1. The van der Waals surface area contributed by atoms with Gasteiger partial charge in [-0.05, 0) is 58.3 Å². The number of halogens is 3. The molecule has 1 heterocycles. The molecule has 0 unspecified atom stereocenters. The highest BCUT2D eigenvalue weighted by Gasteiger charge is 2.20. The van der Waals surface area contributed by atoms with E-state index in [4.69, 9.17) is 8.91 Å². The Morgan fingerprint density at radius 2 is 2.15 bits per heavy atom. The van der Waals surface area contributed by atoms with E-state index >= 15 is 0 Å². The predicted molar refractivity (Wildman–Crippen MR) is 125 cm³/mol. The Morgan fingerprint density at radius 1 is 1.39 bits per heavy atom. The van der Waals surface area contributed by atoms with Crippen molar-refractivity contribution in [3.8, 4) is 0 Å². The van der Waals surface area contributed by atoms with E-state index in [1.54, 1.807) is 11.5 Å². The molecule has 1 aromatic carbocycles. The van der Waals surface area contributed by atoms with Gasteiger partial charge >= 0.3 is 0 Å². The Kier molecular flexibility index (Phi) is 11.4. The minimum atomic E-state index is -1.33. The average molecular weight is 553 g/mol. The molecule has 1 atom stereocenters. The number of benzene rings is 1. The molecule has 0 fully saturated rings. The van der Waals surface area contributed by atoms with Crippen LogP contribution < -0.4 is 16.2 Å². The first-order valence-electron chi connectivity index (χ1n) is 9.97. The van der Waals surface area contributed by atoms with E-state index in [1.807, 2.05) is 26.3 Å². The summed E-state index contributed by atoms with van der Waals surface area (Å²) in [6, 6.07) is 4.26. The second-order valence-corrected chi connectivity index (χ2v) is 8.72. The molecule has 2 rings (SSSR count). The monoisotopic (exact) mass is 552 g/mol. The number of aromatic nitrogens is 2. The summed E-state index contributed by atoms with van der Waals surface area (Å²) in [5.74, 6) is -0.514. The van der Waals surface area contributed by atoms with Crippen LogP contribution in [0.15, 0.2) is 32.3 Å². The maximum atomic E-state index is 14.6. The van der Waals surface area contributed by atoms with Gasteiger partial charge in [-0.3, -0.25) is 10.7 Å². The molecule has 0 spiro atoms. The maximum Gasteiger partial charge on any atom is 0.202 e. The molecular formula is C18H27BrF2N8O3S. The van der Waals surface area contributed by atoms with Crippen LogP contribution in [0.1, 0.15) is 26.5 Å². The van der Waals surface area contributed by atoms with Crippen LogP contribution in [-0.2, 0) is 4.28 Å². The van der Waals surface area contributed by atoms with Crippen LogP contribution in [0.4, 0.5) is 20.3 Å². The van der Waals surface area contributed by atoms with Crippen LogP contribution in [0, 0.1) is 5.82 Å². The lowest BCUT2D eigenvalue weighted by Crippen LogP contribution is -2.37. The smallest absolute Gasteiger partial charge is 0.202 e. The fourth-order valence-corrected chi connectivity index (χ4v) is 3.44. The molecular weight excluding hydrogens is 526 g/mol. The van der Waals surface area contributed by atoms with Gasteiger partial charge in [0.15, 0.2) is 11.5 Å². The summed E-state index contributed by atoms with van der Waals surface area (Å²) in [6.45, 7) is 6.16. The summed E-state index contributed by atoms with van der Waals surface area (Å²) in [5.41, 5.74) is 5.36. The van der Waals surface area contributed by atoms with Crippen LogP contribution in [0.2, 0.25) is 0 Å². The summed E-state index contributed by atoms with van der Waals surface area (Å²) in [5, 5.41) is 21.1. The molecule has 33 heavy (non-hydrogen) atoms. The quantitative estimate of drug-likeness (QED) is 0.0959. The Labute approximate surface area is 203 Å². The number of hydroxylamine groups is 3. The van der Waals surface area contributed by atoms with E-state index in [-0.39, 0.29) is 41.0 Å². The topological polar surface area (TPSA) is 123 Å². The first-order chi connectivity index (χ1) is 15.7. The maximum absolute atomic E-state index is 14.6. The molecule has 0 aliphatic carbocycles. The Hall–Kier alpha value is -1.88. The van der Waals surface area contributed by atoms with Crippen molar-refractivity contribution in [2.24, 2.45) is 4.99 Å². The SMILES string of the molecule is CCN(C[C@@H](F)CNc1nonc1C(=Nc1ccc(F)c(Br)c1)NO)OSN(C)NC(C)C. The van der Waals surface area contributed by atoms with Crippen molar-refractivity contribution >= 4 is 45.5 Å². The number of anilines is 1. The highest BCUT2D eigenvalue weighted by molar-refractivity contribution is 9.10. The Balaban J connectivity index is 1.95. The average Bonchev–Trinajstić information content (AvgIpc) is 3.23. The van der Waals surface area contributed by atoms with Gasteiger partial charge in [0.1, 0.15) is 24.2 Å². The third kappa shape index (κ3) is 9.11. The molecule has 0 bridgehead atoms. The molecule has 2 aromatic rings. The van der Waals surface area contributed by atoms with Crippen molar-refractivity contribution in [2.45, 2.75) is 33.0 Å². The summed E-state index contributed by atoms with van der Waals surface area (Å²) < 4.78 is 40.1. The third-order valence-electron chi connectivity index (χ3n) is 3.90. The zero-order valence-electron chi connectivity index (χ0n) is 18.5. The van der Waals surface area contributed by atoms with E-state index in [0.29, 0.717) is 12.2 Å². The summed E-state index contributed by atoms with van der Waals surface area (Å²) in [6.07, 6.45) is -1.33. The van der Waals surface area contributed by atoms with Gasteiger partial charge in [-0.15, -0.1) is 0 Å². The molecule has 4 N–H and O–H groups in total. The van der Waals surface area contributed by atoms with Crippen molar-refractivity contribution < 1.29 is 22.9 Å². The number of hydrogen-bond acceptors (Lipinski definition) is 11. The van der Waals surface area contributed by atoms with Crippen molar-refractivity contribution in [3.63, 3.8) is 0 Å². The molecule has 184 valence electrons. The van der Waals surface area contributed by atoms with Crippen LogP contribution >= 0.6 is 28.2 Å². The van der Waals surface area contributed by atoms with E-state index < -0.39 is 12.0 Å². The molecule has 11 nitrogen and oxygen atoms in total. The number of amidine groups is 1. The highest BCUT2D eigenvalue weighted by Crippen LogP contribution is 2.23. The van der Waals surface area contributed by atoms with Gasteiger partial charge in [0.05, 0.1) is 16.7 Å². The van der Waals surface area contributed by atoms with E-state index in [2.05, 4.69) is 42.0 Å². The van der Waals surface area contributed by atoms with Crippen molar-refractivity contribution in [1.29, 1.82) is 0 Å². The Morgan fingerprint density at radius 3 is 2.79 bits per heavy atom. The number of hydrazine groups is 1. The number of rotatable bonds is 13. The third-order valence-corrected chi connectivity index (χ3v) is 5.11. The zero-order chi connectivity index (χ0) is 24.4. The number of nitrogens with one attached hydrogen (secondary N) is 3. The summed E-state index contributed by atoms with van der Waals surface area (Å²) in [7, 11) is 1.80. The van der Waals surface area contributed by atoms with Gasteiger partial charge in [-0.2, -0.15) is 9.48 Å². The summed E-state index contributed by atoms with van der Waals surface area (Å²) in [4.78, 5) is 4.15. The zero-order valence-corrected chi connectivity index (χ0v) is 21.0. The van der Waals surface area contributed by atoms with Crippen molar-refractivity contribution in [1.82, 2.24) is 30.7 Å². The van der Waals surface area contributed by atoms with Crippen LogP contribution in [0.25, 0.3) is 0 Å². The number of hydrogen-bond donors (Lipinski definition) is 4. The summed E-state index contributed by atoms with van der Waals surface area (Å²) >= 11 is 4.12. The van der Waals surface area contributed by atoms with Gasteiger partial charge < -0.3 is 5.32 Å². The van der Waals surface area contributed by atoms with Gasteiger partial charge in [0, 0.05) is 26.2 Å². The van der Waals surface area contributed by atoms with E-state index in [9.17, 15) is 14.0 Å². The van der Waals surface area contributed by atoms with E-state index in [0.717, 1.165) is 12.2 Å². The lowest BCUT2D eigenvalue weighted by atomic mass is 10.3. The molecule has 1 aromatic heterocycles. The van der Waals surface area contributed by atoms with Crippen LogP contribution in [0.5, 0.6) is 0 Å². The number of aliphatic imine (C=N–C) groups is 1. The molecule has 0 radical (unpaired) electrons. The fraction of sp³-hybridized carbons (Fsp3) is 0.500. The largest absolute Gasteiger partial charge is 0.362 e. The first kappa shape index (κ1) is 27.4. The lowest BCUT2D eigenvalue weighted by Gasteiger charge is -2.24. The molecule has 0 saturated heterocycles. The highest BCUT2D eigenvalue weighted by atomic mass is 79.9. The van der Waals surface area contributed by atoms with Gasteiger partial charge in [-0.1, -0.05) is 6.92 Å². The Bertz CT molecular complexity index is 907. The second-order valence-electron chi connectivity index (χ2n) is 7.02. The van der Waals surface area contributed by atoms with Crippen molar-refractivity contribution in [2.75, 3.05) is 32.0 Å². The molecule has 0 aliphatic rings. The van der Waals surface area contributed by atoms with Gasteiger partial charge in [-0.25, -0.2) is 28.1 Å². The minimum Gasteiger partial charge on any atom is -0.362 e. The minimum absolute atomic E-state index is 0.00453. The molecule has 0 amide bonds. The fourth-order valence-electron chi connectivity index (χ4n) is 2.46. The van der Waals surface area contributed by atoms with Crippen LogP contribution in [-0.4, -0.2) is 69.7 Å². The second kappa shape index (κ2) is 13.7. The molecule has 15 heteroatoms. The van der Waals surface area contributed by atoms with Crippen molar-refractivity contribution in [3.05, 3.63) is 34.2 Å². The number of nitrogens with zero attached hydrogens (tertiary/aromatic N) is 5. The predicted octanol–water partition coefficient (Wildman–Crippen LogP) is 3.44.